The Morgan fingerprint density at radius 1 is 1.08 bits per heavy atom. The summed E-state index contributed by atoms with van der Waals surface area (Å²) in [6, 6.07) is 5.88. The molecule has 0 radical (unpaired) electrons. The summed E-state index contributed by atoms with van der Waals surface area (Å²) >= 11 is 0.967. The standard InChI is InChI=1S/C24H32N4O7S/c1-13-10-18(20(30)26-14(2)15-8-7-9-16(29)11-15)36-19(13)21(31)27-17(22(32)34-6)12-25-23(33)28-35-24(3,4)5/h7-11,14,17,29H,12H2,1-6H3,(H,26,30)(H,27,31)(H2,25,28,33)/t14?,17-/m0/s1. The van der Waals surface area contributed by atoms with E-state index in [1.54, 1.807) is 58.9 Å². The topological polar surface area (TPSA) is 155 Å². The highest BCUT2D eigenvalue weighted by Gasteiger charge is 2.26. The summed E-state index contributed by atoms with van der Waals surface area (Å²) in [5.74, 6) is -1.65. The second-order valence-corrected chi connectivity index (χ2v) is 10.0. The number of esters is 1. The Morgan fingerprint density at radius 3 is 2.39 bits per heavy atom. The van der Waals surface area contributed by atoms with Gasteiger partial charge in [0.1, 0.15) is 11.8 Å². The highest BCUT2D eigenvalue weighted by Crippen LogP contribution is 2.24. The molecule has 0 saturated heterocycles. The number of carbonyl (C=O) groups excluding carboxylic acids is 4. The second kappa shape index (κ2) is 12.4. The SMILES string of the molecule is COC(=O)[C@H](CNC(=O)NOC(C)(C)C)NC(=O)c1sc(C(=O)NC(C)c2cccc(O)c2)cc1C. The van der Waals surface area contributed by atoms with E-state index in [0.717, 1.165) is 24.0 Å². The van der Waals surface area contributed by atoms with E-state index in [4.69, 9.17) is 9.57 Å². The quantitative estimate of drug-likeness (QED) is 0.251. The fourth-order valence-electron chi connectivity index (χ4n) is 2.95. The van der Waals surface area contributed by atoms with Crippen molar-refractivity contribution < 1.29 is 33.9 Å². The van der Waals surface area contributed by atoms with Crippen molar-refractivity contribution in [2.45, 2.75) is 52.3 Å². The molecule has 11 nitrogen and oxygen atoms in total. The number of phenolic OH excluding ortho intramolecular Hbond substituents is 1. The van der Waals surface area contributed by atoms with Crippen LogP contribution in [0, 0.1) is 6.92 Å². The number of carbonyl (C=O) groups is 4. The predicted octanol–water partition coefficient (Wildman–Crippen LogP) is 2.55. The zero-order valence-corrected chi connectivity index (χ0v) is 21.9. The molecule has 0 aliphatic heterocycles. The molecule has 196 valence electrons. The van der Waals surface area contributed by atoms with Gasteiger partial charge >= 0.3 is 12.0 Å². The fourth-order valence-corrected chi connectivity index (χ4v) is 3.93. The number of rotatable bonds is 9. The van der Waals surface area contributed by atoms with E-state index >= 15 is 0 Å². The first kappa shape index (κ1) is 28.6. The van der Waals surface area contributed by atoms with Gasteiger partial charge in [0.25, 0.3) is 11.8 Å². The van der Waals surface area contributed by atoms with Crippen molar-refractivity contribution in [1.82, 2.24) is 21.4 Å². The minimum Gasteiger partial charge on any atom is -0.508 e. The molecule has 36 heavy (non-hydrogen) atoms. The average Bonchev–Trinajstić information content (AvgIpc) is 3.21. The third kappa shape index (κ3) is 8.54. The number of hydrogen-bond donors (Lipinski definition) is 5. The second-order valence-electron chi connectivity index (χ2n) is 8.99. The van der Waals surface area contributed by atoms with E-state index in [1.807, 2.05) is 0 Å². The Kier molecular flexibility index (Phi) is 9.82. The fraction of sp³-hybridized carbons (Fsp3) is 0.417. The third-order valence-corrected chi connectivity index (χ3v) is 6.01. The van der Waals surface area contributed by atoms with Crippen molar-refractivity contribution in [3.05, 3.63) is 51.2 Å². The van der Waals surface area contributed by atoms with Crippen molar-refractivity contribution in [1.29, 1.82) is 0 Å². The monoisotopic (exact) mass is 520 g/mol. The van der Waals surface area contributed by atoms with Crippen molar-refractivity contribution >= 4 is 35.2 Å². The highest BCUT2D eigenvalue weighted by atomic mass is 32.1. The molecule has 0 aliphatic rings. The minimum atomic E-state index is -1.17. The average molecular weight is 521 g/mol. The van der Waals surface area contributed by atoms with Gasteiger partial charge in [0.05, 0.1) is 35.1 Å². The Labute approximate surface area is 213 Å². The van der Waals surface area contributed by atoms with Crippen LogP contribution in [0.25, 0.3) is 0 Å². The number of phenols is 1. The maximum atomic E-state index is 12.9. The number of hydrogen-bond acceptors (Lipinski definition) is 8. The molecule has 1 heterocycles. The van der Waals surface area contributed by atoms with Crippen LogP contribution in [0.4, 0.5) is 4.79 Å². The first-order chi connectivity index (χ1) is 16.8. The lowest BCUT2D eigenvalue weighted by Crippen LogP contribution is -2.51. The molecule has 12 heteroatoms. The van der Waals surface area contributed by atoms with Gasteiger partial charge in [-0.3, -0.25) is 14.4 Å². The number of amides is 4. The molecule has 0 saturated carbocycles. The van der Waals surface area contributed by atoms with Crippen LogP contribution in [0.3, 0.4) is 0 Å². The van der Waals surface area contributed by atoms with Crippen LogP contribution in [0.5, 0.6) is 5.75 Å². The van der Waals surface area contributed by atoms with Crippen LogP contribution in [-0.4, -0.2) is 54.2 Å². The molecule has 5 N–H and O–H groups in total. The van der Waals surface area contributed by atoms with Gasteiger partial charge in [-0.25, -0.2) is 15.1 Å². The minimum absolute atomic E-state index is 0.0911. The van der Waals surface area contributed by atoms with Crippen LogP contribution < -0.4 is 21.4 Å². The lowest BCUT2D eigenvalue weighted by atomic mass is 10.1. The van der Waals surface area contributed by atoms with E-state index in [1.165, 1.54) is 6.07 Å². The molecule has 2 rings (SSSR count). The molecule has 0 spiro atoms. The van der Waals surface area contributed by atoms with Gasteiger partial charge in [-0.05, 0) is 63.9 Å². The number of hydroxylamine groups is 1. The van der Waals surface area contributed by atoms with E-state index in [-0.39, 0.29) is 29.1 Å². The number of benzene rings is 1. The molecule has 0 bridgehead atoms. The number of thiophene rings is 1. The van der Waals surface area contributed by atoms with Crippen LogP contribution in [0.1, 0.15) is 64.2 Å². The smallest absolute Gasteiger partial charge is 0.338 e. The van der Waals surface area contributed by atoms with Gasteiger partial charge in [0, 0.05) is 0 Å². The maximum Gasteiger partial charge on any atom is 0.338 e. The number of aromatic hydroxyl groups is 1. The first-order valence-electron chi connectivity index (χ1n) is 11.1. The Bertz CT molecular complexity index is 1110. The largest absolute Gasteiger partial charge is 0.508 e. The summed E-state index contributed by atoms with van der Waals surface area (Å²) < 4.78 is 4.73. The van der Waals surface area contributed by atoms with E-state index in [9.17, 15) is 24.3 Å². The van der Waals surface area contributed by atoms with Crippen LogP contribution in [-0.2, 0) is 14.4 Å². The van der Waals surface area contributed by atoms with E-state index in [2.05, 4.69) is 21.4 Å². The number of urea groups is 1. The summed E-state index contributed by atoms with van der Waals surface area (Å²) in [6.45, 7) is 8.43. The number of aryl methyl sites for hydroxylation is 1. The lowest BCUT2D eigenvalue weighted by Gasteiger charge is -2.20. The van der Waals surface area contributed by atoms with E-state index < -0.39 is 29.6 Å². The molecule has 1 aromatic carbocycles. The normalized spacial score (nSPS) is 12.7. The predicted molar refractivity (Wildman–Crippen MR) is 134 cm³/mol. The molecule has 0 aliphatic carbocycles. The molecular weight excluding hydrogens is 488 g/mol. The maximum absolute atomic E-state index is 12.9. The Morgan fingerprint density at radius 2 is 1.78 bits per heavy atom. The summed E-state index contributed by atoms with van der Waals surface area (Å²) in [4.78, 5) is 55.4. The lowest BCUT2D eigenvalue weighted by molar-refractivity contribution is -0.142. The zero-order chi connectivity index (χ0) is 27.0. The Balaban J connectivity index is 2.04. The summed E-state index contributed by atoms with van der Waals surface area (Å²) in [5, 5.41) is 17.4. The number of ether oxygens (including phenoxy) is 1. The summed E-state index contributed by atoms with van der Waals surface area (Å²) in [5.41, 5.74) is 2.85. The van der Waals surface area contributed by atoms with Gasteiger partial charge in [0.2, 0.25) is 0 Å². The first-order valence-corrected chi connectivity index (χ1v) is 11.9. The van der Waals surface area contributed by atoms with Crippen molar-refractivity contribution in [2.75, 3.05) is 13.7 Å². The van der Waals surface area contributed by atoms with Gasteiger partial charge in [-0.2, -0.15) is 0 Å². The van der Waals surface area contributed by atoms with Gasteiger partial charge in [0.15, 0.2) is 0 Å². The van der Waals surface area contributed by atoms with Gasteiger partial charge < -0.3 is 25.8 Å². The van der Waals surface area contributed by atoms with Crippen LogP contribution >= 0.6 is 11.3 Å². The van der Waals surface area contributed by atoms with Crippen LogP contribution in [0.15, 0.2) is 30.3 Å². The van der Waals surface area contributed by atoms with E-state index in [0.29, 0.717) is 10.4 Å². The molecule has 0 fully saturated rings. The summed E-state index contributed by atoms with van der Waals surface area (Å²) in [6.07, 6.45) is 0. The Hall–Kier alpha value is -3.64. The molecule has 2 aromatic rings. The van der Waals surface area contributed by atoms with Crippen molar-refractivity contribution in [2.24, 2.45) is 0 Å². The molecule has 2 atom stereocenters. The van der Waals surface area contributed by atoms with Gasteiger partial charge in [-0.15, -0.1) is 11.3 Å². The van der Waals surface area contributed by atoms with Crippen LogP contribution in [0.2, 0.25) is 0 Å². The molecular formula is C24H32N4O7S. The molecule has 1 aromatic heterocycles. The summed E-state index contributed by atoms with van der Waals surface area (Å²) in [7, 11) is 1.16. The third-order valence-electron chi connectivity index (χ3n) is 4.77. The number of nitrogens with one attached hydrogen (secondary N) is 4. The zero-order valence-electron chi connectivity index (χ0n) is 21.1. The van der Waals surface area contributed by atoms with Crippen molar-refractivity contribution in [3.8, 4) is 5.75 Å². The highest BCUT2D eigenvalue weighted by molar-refractivity contribution is 7.16. The molecule has 1 unspecified atom stereocenters. The van der Waals surface area contributed by atoms with Crippen molar-refractivity contribution in [3.63, 3.8) is 0 Å². The number of methoxy groups -OCH3 is 1. The molecule has 4 amide bonds. The van der Waals surface area contributed by atoms with Gasteiger partial charge in [-0.1, -0.05) is 12.1 Å².